The highest BCUT2D eigenvalue weighted by Gasteiger charge is 2.33. The Morgan fingerprint density at radius 1 is 1.32 bits per heavy atom. The van der Waals surface area contributed by atoms with Crippen LogP contribution < -0.4 is 5.32 Å². The first-order valence-corrected chi connectivity index (χ1v) is 6.50. The number of ether oxygens (including phenoxy) is 1. The van der Waals surface area contributed by atoms with Gasteiger partial charge in [-0.2, -0.15) is 0 Å². The molecule has 3 nitrogen and oxygen atoms in total. The summed E-state index contributed by atoms with van der Waals surface area (Å²) in [5.41, 5.74) is 0.653. The van der Waals surface area contributed by atoms with Crippen molar-refractivity contribution < 1.29 is 9.53 Å². The van der Waals surface area contributed by atoms with Gasteiger partial charge in [0.15, 0.2) is 0 Å². The summed E-state index contributed by atoms with van der Waals surface area (Å²) in [6.07, 6.45) is 1.74. The second-order valence-electron chi connectivity index (χ2n) is 5.76. The summed E-state index contributed by atoms with van der Waals surface area (Å²) < 4.78 is 5.60. The smallest absolute Gasteiger partial charge is 0.338 e. The molecule has 2 unspecified atom stereocenters. The van der Waals surface area contributed by atoms with Crippen LogP contribution in [0.2, 0.25) is 0 Å². The van der Waals surface area contributed by atoms with Gasteiger partial charge < -0.3 is 10.1 Å². The van der Waals surface area contributed by atoms with Crippen molar-refractivity contribution in [2.75, 3.05) is 0 Å². The number of nitrogens with one attached hydrogen (secondary N) is 1. The predicted octanol–water partition coefficient (Wildman–Crippen LogP) is 3.18. The summed E-state index contributed by atoms with van der Waals surface area (Å²) in [6, 6.07) is 9.56. The van der Waals surface area contributed by atoms with Crippen molar-refractivity contribution in [2.45, 2.75) is 51.3 Å². The van der Waals surface area contributed by atoms with Crippen LogP contribution in [0.15, 0.2) is 30.3 Å². The second kappa shape index (κ2) is 6.40. The Morgan fingerprint density at radius 2 is 1.95 bits per heavy atom. The minimum atomic E-state index is -0.217. The Balaban J connectivity index is 0.00000180. The highest BCUT2D eigenvalue weighted by molar-refractivity contribution is 5.89. The fourth-order valence-corrected chi connectivity index (χ4v) is 2.72. The molecule has 0 bridgehead atoms. The molecule has 1 aliphatic heterocycles. The van der Waals surface area contributed by atoms with Gasteiger partial charge in [0.1, 0.15) is 6.10 Å². The number of hydrogen-bond acceptors (Lipinski definition) is 3. The average Bonchev–Trinajstić information content (AvgIpc) is 2.27. The molecular weight excluding hydrogens is 262 g/mol. The number of carbonyl (C=O) groups excluding carboxylic acids is 1. The first-order valence-electron chi connectivity index (χ1n) is 6.50. The SMILES string of the molecule is CC1CC(OC(=O)c2ccccc2)CC(C)(C)N1.Cl. The molecule has 1 aromatic carbocycles. The van der Waals surface area contributed by atoms with Crippen LogP contribution in [-0.2, 0) is 4.74 Å². The van der Waals surface area contributed by atoms with Gasteiger partial charge in [-0.05, 0) is 39.3 Å². The molecule has 1 aromatic rings. The molecule has 0 aromatic heterocycles. The highest BCUT2D eigenvalue weighted by Crippen LogP contribution is 2.25. The molecule has 4 heteroatoms. The molecule has 1 heterocycles. The minimum absolute atomic E-state index is 0. The number of rotatable bonds is 2. The highest BCUT2D eigenvalue weighted by atomic mass is 35.5. The van der Waals surface area contributed by atoms with E-state index in [9.17, 15) is 4.79 Å². The lowest BCUT2D eigenvalue weighted by Crippen LogP contribution is -2.53. The standard InChI is InChI=1S/C15H21NO2.ClH/c1-11-9-13(10-15(2,3)16-11)18-14(17)12-7-5-4-6-8-12;/h4-8,11,13,16H,9-10H2,1-3H3;1H. The van der Waals surface area contributed by atoms with E-state index in [0.717, 1.165) is 12.8 Å². The molecule has 2 atom stereocenters. The lowest BCUT2D eigenvalue weighted by atomic mass is 9.87. The van der Waals surface area contributed by atoms with Crippen molar-refractivity contribution >= 4 is 18.4 Å². The lowest BCUT2D eigenvalue weighted by molar-refractivity contribution is 0.00587. The van der Waals surface area contributed by atoms with E-state index in [2.05, 4.69) is 26.1 Å². The van der Waals surface area contributed by atoms with Crippen molar-refractivity contribution in [2.24, 2.45) is 0 Å². The fourth-order valence-electron chi connectivity index (χ4n) is 2.72. The number of carbonyl (C=O) groups is 1. The summed E-state index contributed by atoms with van der Waals surface area (Å²) in [6.45, 7) is 6.42. The third kappa shape index (κ3) is 4.51. The molecule has 106 valence electrons. The number of esters is 1. The van der Waals surface area contributed by atoms with Crippen molar-refractivity contribution in [1.82, 2.24) is 5.32 Å². The van der Waals surface area contributed by atoms with E-state index in [0.29, 0.717) is 11.6 Å². The molecule has 1 N–H and O–H groups in total. The van der Waals surface area contributed by atoms with E-state index in [-0.39, 0.29) is 30.0 Å². The van der Waals surface area contributed by atoms with Crippen LogP contribution in [0.5, 0.6) is 0 Å². The van der Waals surface area contributed by atoms with Gasteiger partial charge in [0.2, 0.25) is 0 Å². The van der Waals surface area contributed by atoms with Gasteiger partial charge in [-0.25, -0.2) is 4.79 Å². The Bertz CT molecular complexity index is 419. The molecule has 0 spiro atoms. The number of benzene rings is 1. The molecular formula is C15H22ClNO2. The lowest BCUT2D eigenvalue weighted by Gasteiger charge is -2.39. The Morgan fingerprint density at radius 3 is 2.53 bits per heavy atom. The average molecular weight is 284 g/mol. The van der Waals surface area contributed by atoms with Crippen LogP contribution >= 0.6 is 12.4 Å². The van der Waals surface area contributed by atoms with Gasteiger partial charge in [0, 0.05) is 18.0 Å². The van der Waals surface area contributed by atoms with Gasteiger partial charge in [-0.1, -0.05) is 18.2 Å². The van der Waals surface area contributed by atoms with E-state index in [4.69, 9.17) is 4.74 Å². The van der Waals surface area contributed by atoms with E-state index in [1.165, 1.54) is 0 Å². The zero-order valence-corrected chi connectivity index (χ0v) is 12.5. The summed E-state index contributed by atoms with van der Waals surface area (Å²) in [5, 5.41) is 3.51. The van der Waals surface area contributed by atoms with Crippen LogP contribution in [0.1, 0.15) is 44.0 Å². The monoisotopic (exact) mass is 283 g/mol. The fraction of sp³-hybridized carbons (Fsp3) is 0.533. The topological polar surface area (TPSA) is 38.3 Å². The van der Waals surface area contributed by atoms with Gasteiger partial charge in [0.05, 0.1) is 5.56 Å². The normalized spacial score (nSPS) is 25.2. The number of hydrogen-bond donors (Lipinski definition) is 1. The van der Waals surface area contributed by atoms with Crippen molar-refractivity contribution in [3.8, 4) is 0 Å². The Labute approximate surface area is 121 Å². The van der Waals surface area contributed by atoms with Gasteiger partial charge in [-0.3, -0.25) is 0 Å². The van der Waals surface area contributed by atoms with Crippen LogP contribution in [-0.4, -0.2) is 23.7 Å². The maximum Gasteiger partial charge on any atom is 0.338 e. The predicted molar refractivity (Wildman–Crippen MR) is 78.8 cm³/mol. The first kappa shape index (κ1) is 16.0. The van der Waals surface area contributed by atoms with Crippen LogP contribution in [0.25, 0.3) is 0 Å². The van der Waals surface area contributed by atoms with E-state index < -0.39 is 0 Å². The largest absolute Gasteiger partial charge is 0.459 e. The maximum atomic E-state index is 12.0. The first-order chi connectivity index (χ1) is 8.46. The van der Waals surface area contributed by atoms with E-state index in [1.54, 1.807) is 12.1 Å². The zero-order chi connectivity index (χ0) is 13.2. The van der Waals surface area contributed by atoms with Gasteiger partial charge in [0.25, 0.3) is 0 Å². The van der Waals surface area contributed by atoms with Crippen molar-refractivity contribution in [3.05, 3.63) is 35.9 Å². The maximum absolute atomic E-state index is 12.0. The van der Waals surface area contributed by atoms with Gasteiger partial charge >= 0.3 is 5.97 Å². The summed E-state index contributed by atoms with van der Waals surface area (Å²) in [5.74, 6) is -0.217. The summed E-state index contributed by atoms with van der Waals surface area (Å²) in [7, 11) is 0. The van der Waals surface area contributed by atoms with Crippen LogP contribution in [0.3, 0.4) is 0 Å². The molecule has 0 amide bonds. The molecule has 19 heavy (non-hydrogen) atoms. The number of halogens is 1. The molecule has 0 saturated carbocycles. The Hall–Kier alpha value is -1.06. The van der Waals surface area contributed by atoms with Crippen LogP contribution in [0.4, 0.5) is 0 Å². The number of piperidine rings is 1. The quantitative estimate of drug-likeness (QED) is 0.847. The Kier molecular flexibility index (Phi) is 5.39. The van der Waals surface area contributed by atoms with Crippen molar-refractivity contribution in [1.29, 1.82) is 0 Å². The summed E-state index contributed by atoms with van der Waals surface area (Å²) >= 11 is 0. The van der Waals surface area contributed by atoms with Crippen LogP contribution in [0, 0.1) is 0 Å². The second-order valence-corrected chi connectivity index (χ2v) is 5.76. The molecule has 0 radical (unpaired) electrons. The van der Waals surface area contributed by atoms with E-state index >= 15 is 0 Å². The molecule has 1 saturated heterocycles. The van der Waals surface area contributed by atoms with Crippen molar-refractivity contribution in [3.63, 3.8) is 0 Å². The molecule has 1 aliphatic rings. The summed E-state index contributed by atoms with van der Waals surface area (Å²) in [4.78, 5) is 12.0. The van der Waals surface area contributed by atoms with Gasteiger partial charge in [-0.15, -0.1) is 12.4 Å². The third-order valence-corrected chi connectivity index (χ3v) is 3.27. The molecule has 0 aliphatic carbocycles. The van der Waals surface area contributed by atoms with E-state index in [1.807, 2.05) is 18.2 Å². The third-order valence-electron chi connectivity index (χ3n) is 3.27. The zero-order valence-electron chi connectivity index (χ0n) is 11.7. The molecule has 2 rings (SSSR count). The molecule has 1 fully saturated rings. The minimum Gasteiger partial charge on any atom is -0.459 e.